The molecule has 0 amide bonds. The monoisotopic (exact) mass is 233 g/mol. The molecule has 0 aliphatic carbocycles. The molecule has 2 atom stereocenters. The van der Waals surface area contributed by atoms with E-state index >= 15 is 0 Å². The summed E-state index contributed by atoms with van der Waals surface area (Å²) in [6, 6.07) is 0. The van der Waals surface area contributed by atoms with Crippen LogP contribution in [0.5, 0.6) is 0 Å². The number of nitrogens with one attached hydrogen (secondary N) is 1. The summed E-state index contributed by atoms with van der Waals surface area (Å²) in [7, 11) is -2.72. The second-order valence-electron chi connectivity index (χ2n) is 4.56. The van der Waals surface area contributed by atoms with Gasteiger partial charge in [0, 0.05) is 13.2 Å². The fourth-order valence-electron chi connectivity index (χ4n) is 2.29. The summed E-state index contributed by atoms with van der Waals surface area (Å²) in [5.41, 5.74) is 0. The second kappa shape index (κ2) is 4.80. The normalized spacial score (nSPS) is 34.7. The Labute approximate surface area is 91.3 Å². The van der Waals surface area contributed by atoms with Crippen LogP contribution in [0.15, 0.2) is 0 Å². The standard InChI is InChI=1S/C10H19NO3S/c12-15(13)5-3-9(8-15)6-11-7-10-2-1-4-14-10/h9-11H,1-8H2. The van der Waals surface area contributed by atoms with E-state index in [2.05, 4.69) is 5.32 Å². The Morgan fingerprint density at radius 2 is 2.13 bits per heavy atom. The van der Waals surface area contributed by atoms with Gasteiger partial charge in [0.05, 0.1) is 17.6 Å². The van der Waals surface area contributed by atoms with Crippen molar-refractivity contribution < 1.29 is 13.2 Å². The molecule has 0 aromatic rings. The summed E-state index contributed by atoms with van der Waals surface area (Å²) in [6.07, 6.45) is 3.46. The molecule has 2 aliphatic rings. The molecular formula is C10H19NO3S. The molecule has 2 rings (SSSR count). The van der Waals surface area contributed by atoms with Crippen LogP contribution < -0.4 is 5.32 Å². The fourth-order valence-corrected chi connectivity index (χ4v) is 4.15. The van der Waals surface area contributed by atoms with Gasteiger partial charge in [-0.2, -0.15) is 0 Å². The van der Waals surface area contributed by atoms with Crippen molar-refractivity contribution in [1.82, 2.24) is 5.32 Å². The molecule has 5 heteroatoms. The maximum Gasteiger partial charge on any atom is 0.150 e. The lowest BCUT2D eigenvalue weighted by Gasteiger charge is -2.13. The van der Waals surface area contributed by atoms with Gasteiger partial charge >= 0.3 is 0 Å². The quantitative estimate of drug-likeness (QED) is 0.753. The molecule has 0 saturated carbocycles. The molecule has 2 unspecified atom stereocenters. The topological polar surface area (TPSA) is 55.4 Å². The van der Waals surface area contributed by atoms with Crippen LogP contribution in [0.4, 0.5) is 0 Å². The third-order valence-corrected chi connectivity index (χ3v) is 4.99. The lowest BCUT2D eigenvalue weighted by atomic mass is 10.1. The zero-order valence-corrected chi connectivity index (χ0v) is 9.76. The molecule has 88 valence electrons. The van der Waals surface area contributed by atoms with Crippen LogP contribution >= 0.6 is 0 Å². The van der Waals surface area contributed by atoms with E-state index in [0.717, 1.165) is 39.0 Å². The third-order valence-electron chi connectivity index (χ3n) is 3.16. The lowest BCUT2D eigenvalue weighted by Crippen LogP contribution is -2.31. The minimum absolute atomic E-state index is 0.316. The highest BCUT2D eigenvalue weighted by molar-refractivity contribution is 7.91. The molecule has 0 spiro atoms. The van der Waals surface area contributed by atoms with Crippen molar-refractivity contribution >= 4 is 9.84 Å². The van der Waals surface area contributed by atoms with Crippen LogP contribution in [-0.4, -0.2) is 45.7 Å². The van der Waals surface area contributed by atoms with Crippen LogP contribution in [0, 0.1) is 5.92 Å². The number of hydrogen-bond donors (Lipinski definition) is 1. The van der Waals surface area contributed by atoms with E-state index in [1.165, 1.54) is 0 Å². The Balaban J connectivity index is 1.62. The van der Waals surface area contributed by atoms with E-state index in [1.807, 2.05) is 0 Å². The van der Waals surface area contributed by atoms with Gasteiger partial charge in [-0.1, -0.05) is 0 Å². The molecule has 4 nitrogen and oxygen atoms in total. The highest BCUT2D eigenvalue weighted by Crippen LogP contribution is 2.17. The smallest absolute Gasteiger partial charge is 0.150 e. The van der Waals surface area contributed by atoms with Crippen molar-refractivity contribution in [2.45, 2.75) is 25.4 Å². The van der Waals surface area contributed by atoms with E-state index in [4.69, 9.17) is 4.74 Å². The number of sulfone groups is 1. The molecular weight excluding hydrogens is 214 g/mol. The largest absolute Gasteiger partial charge is 0.377 e. The van der Waals surface area contributed by atoms with Crippen molar-refractivity contribution in [2.75, 3.05) is 31.2 Å². The molecule has 2 fully saturated rings. The molecule has 0 aromatic heterocycles. The zero-order chi connectivity index (χ0) is 10.7. The van der Waals surface area contributed by atoms with Gasteiger partial charge in [-0.05, 0) is 31.7 Å². The number of hydrogen-bond acceptors (Lipinski definition) is 4. The molecule has 15 heavy (non-hydrogen) atoms. The minimum atomic E-state index is -2.72. The van der Waals surface area contributed by atoms with E-state index in [9.17, 15) is 8.42 Å². The number of rotatable bonds is 4. The highest BCUT2D eigenvalue weighted by Gasteiger charge is 2.27. The Morgan fingerprint density at radius 1 is 1.27 bits per heavy atom. The van der Waals surface area contributed by atoms with Gasteiger partial charge in [0.2, 0.25) is 0 Å². The van der Waals surface area contributed by atoms with Gasteiger partial charge < -0.3 is 10.1 Å². The Bertz CT molecular complexity index is 296. The zero-order valence-electron chi connectivity index (χ0n) is 8.94. The van der Waals surface area contributed by atoms with Crippen LogP contribution in [0.1, 0.15) is 19.3 Å². The molecule has 2 heterocycles. The van der Waals surface area contributed by atoms with Crippen molar-refractivity contribution in [3.8, 4) is 0 Å². The van der Waals surface area contributed by atoms with E-state index < -0.39 is 9.84 Å². The van der Waals surface area contributed by atoms with Gasteiger partial charge in [0.25, 0.3) is 0 Å². The fraction of sp³-hybridized carbons (Fsp3) is 1.00. The van der Waals surface area contributed by atoms with Crippen LogP contribution in [-0.2, 0) is 14.6 Å². The Kier molecular flexibility index (Phi) is 3.64. The average molecular weight is 233 g/mol. The first-order valence-electron chi connectivity index (χ1n) is 5.68. The summed E-state index contributed by atoms with van der Waals surface area (Å²) >= 11 is 0. The molecule has 2 saturated heterocycles. The van der Waals surface area contributed by atoms with Crippen molar-refractivity contribution in [3.63, 3.8) is 0 Å². The van der Waals surface area contributed by atoms with Gasteiger partial charge in [-0.3, -0.25) is 0 Å². The third kappa shape index (κ3) is 3.43. The summed E-state index contributed by atoms with van der Waals surface area (Å²) in [5.74, 6) is 1.06. The summed E-state index contributed by atoms with van der Waals surface area (Å²) in [4.78, 5) is 0. The minimum Gasteiger partial charge on any atom is -0.377 e. The predicted octanol–water partition coefficient (Wildman–Crippen LogP) is 0.190. The first-order valence-corrected chi connectivity index (χ1v) is 7.50. The maximum absolute atomic E-state index is 11.2. The molecule has 1 N–H and O–H groups in total. The van der Waals surface area contributed by atoms with Gasteiger partial charge in [0.15, 0.2) is 9.84 Å². The Hall–Kier alpha value is -0.130. The molecule has 0 bridgehead atoms. The number of ether oxygens (including phenoxy) is 1. The van der Waals surface area contributed by atoms with Crippen molar-refractivity contribution in [3.05, 3.63) is 0 Å². The Morgan fingerprint density at radius 3 is 2.73 bits per heavy atom. The molecule has 2 aliphatic heterocycles. The van der Waals surface area contributed by atoms with Gasteiger partial charge in [-0.15, -0.1) is 0 Å². The van der Waals surface area contributed by atoms with Gasteiger partial charge in [0.1, 0.15) is 0 Å². The van der Waals surface area contributed by atoms with E-state index in [-0.39, 0.29) is 0 Å². The van der Waals surface area contributed by atoms with Crippen molar-refractivity contribution in [2.24, 2.45) is 5.92 Å². The van der Waals surface area contributed by atoms with E-state index in [0.29, 0.717) is 23.5 Å². The summed E-state index contributed by atoms with van der Waals surface area (Å²) in [5, 5.41) is 3.32. The van der Waals surface area contributed by atoms with Crippen LogP contribution in [0.2, 0.25) is 0 Å². The maximum atomic E-state index is 11.2. The average Bonchev–Trinajstić information content (AvgIpc) is 2.76. The summed E-state index contributed by atoms with van der Waals surface area (Å²) < 4.78 is 27.9. The molecule has 0 radical (unpaired) electrons. The van der Waals surface area contributed by atoms with Crippen molar-refractivity contribution in [1.29, 1.82) is 0 Å². The van der Waals surface area contributed by atoms with Crippen LogP contribution in [0.3, 0.4) is 0 Å². The SMILES string of the molecule is O=S1(=O)CCC(CNCC2CCCO2)C1. The van der Waals surface area contributed by atoms with Crippen LogP contribution in [0.25, 0.3) is 0 Å². The van der Waals surface area contributed by atoms with E-state index in [1.54, 1.807) is 0 Å². The first kappa shape index (κ1) is 11.4. The first-order chi connectivity index (χ1) is 7.16. The molecule has 0 aromatic carbocycles. The lowest BCUT2D eigenvalue weighted by molar-refractivity contribution is 0.109. The van der Waals surface area contributed by atoms with Gasteiger partial charge in [-0.25, -0.2) is 8.42 Å². The predicted molar refractivity (Wildman–Crippen MR) is 58.6 cm³/mol. The second-order valence-corrected chi connectivity index (χ2v) is 6.79. The summed E-state index contributed by atoms with van der Waals surface area (Å²) in [6.45, 7) is 2.57. The highest BCUT2D eigenvalue weighted by atomic mass is 32.2.